The van der Waals surface area contributed by atoms with Crippen molar-refractivity contribution in [2.24, 2.45) is 0 Å². The van der Waals surface area contributed by atoms with Gasteiger partial charge in [0.05, 0.1) is 11.4 Å². The average Bonchev–Trinajstić information content (AvgIpc) is 2.46. The molecule has 2 rings (SSSR count). The molecule has 0 heterocycles. The Morgan fingerprint density at radius 2 is 1.88 bits per heavy atom. The number of hydrogen-bond donors (Lipinski definition) is 1. The van der Waals surface area contributed by atoms with Crippen LogP contribution in [-0.4, -0.2) is 39.1 Å². The first-order valence-corrected chi connectivity index (χ1v) is 9.54. The maximum absolute atomic E-state index is 12.1. The number of likely N-dealkylation sites (N-methyl/N-ethyl adjacent to an activating group) is 1. The maximum atomic E-state index is 12.1. The first kappa shape index (κ1) is 18.4. The molecule has 0 saturated heterocycles. The van der Waals surface area contributed by atoms with E-state index in [1.165, 1.54) is 12.1 Å². The van der Waals surface area contributed by atoms with Crippen LogP contribution in [0.5, 0.6) is 0 Å². The summed E-state index contributed by atoms with van der Waals surface area (Å²) in [5.74, 6) is -0.217. The van der Waals surface area contributed by atoms with Gasteiger partial charge in [-0.1, -0.05) is 29.8 Å². The number of nitrogens with zero attached hydrogens (tertiary/aromatic N) is 1. The molecule has 0 aromatic heterocycles. The van der Waals surface area contributed by atoms with Crippen molar-refractivity contribution in [1.82, 2.24) is 4.90 Å². The Hall–Kier alpha value is -1.89. The highest BCUT2D eigenvalue weighted by atomic mass is 35.5. The summed E-state index contributed by atoms with van der Waals surface area (Å²) in [6, 6.07) is 13.7. The molecule has 0 aliphatic rings. The first-order valence-electron chi connectivity index (χ1n) is 7.27. The Balaban J connectivity index is 1.95. The van der Waals surface area contributed by atoms with Crippen molar-refractivity contribution < 1.29 is 13.2 Å². The number of rotatable bonds is 6. The van der Waals surface area contributed by atoms with Gasteiger partial charge >= 0.3 is 0 Å². The van der Waals surface area contributed by atoms with Gasteiger partial charge in [-0.2, -0.15) is 0 Å². The molecule has 0 bridgehead atoms. The van der Waals surface area contributed by atoms with Crippen molar-refractivity contribution in [3.63, 3.8) is 0 Å². The normalized spacial score (nSPS) is 11.5. The highest BCUT2D eigenvalue weighted by Gasteiger charge is 2.11. The van der Waals surface area contributed by atoms with E-state index in [4.69, 9.17) is 11.6 Å². The van der Waals surface area contributed by atoms with Crippen molar-refractivity contribution >= 4 is 33.0 Å². The highest BCUT2D eigenvalue weighted by molar-refractivity contribution is 7.90. The Kier molecular flexibility index (Phi) is 5.99. The number of halogens is 1. The SMILES string of the molecule is CN(CC(=O)Nc1cccc(S(C)(=O)=O)c1)Cc1cccc(Cl)c1. The van der Waals surface area contributed by atoms with Gasteiger partial charge in [-0.3, -0.25) is 9.69 Å². The molecule has 24 heavy (non-hydrogen) atoms. The zero-order chi connectivity index (χ0) is 17.7. The second-order valence-corrected chi connectivity index (χ2v) is 8.10. The standard InChI is InChI=1S/C17H19ClN2O3S/c1-20(11-13-5-3-6-14(18)9-13)12-17(21)19-15-7-4-8-16(10-15)24(2,22)23/h3-10H,11-12H2,1-2H3,(H,19,21). The van der Waals surface area contributed by atoms with Crippen LogP contribution in [0, 0.1) is 0 Å². The summed E-state index contributed by atoms with van der Waals surface area (Å²) in [5, 5.41) is 3.37. The molecule has 5 nitrogen and oxygen atoms in total. The highest BCUT2D eigenvalue weighted by Crippen LogP contribution is 2.15. The van der Waals surface area contributed by atoms with Gasteiger partial charge in [-0.15, -0.1) is 0 Å². The summed E-state index contributed by atoms with van der Waals surface area (Å²) >= 11 is 5.95. The summed E-state index contributed by atoms with van der Waals surface area (Å²) < 4.78 is 23.1. The van der Waals surface area contributed by atoms with Gasteiger partial charge < -0.3 is 5.32 Å². The van der Waals surface area contributed by atoms with Crippen LogP contribution in [0.4, 0.5) is 5.69 Å². The van der Waals surface area contributed by atoms with Gasteiger partial charge in [0.1, 0.15) is 0 Å². The number of carbonyl (C=O) groups excluding carboxylic acids is 1. The molecule has 0 radical (unpaired) electrons. The molecule has 0 fully saturated rings. The molecule has 1 N–H and O–H groups in total. The minimum Gasteiger partial charge on any atom is -0.325 e. The zero-order valence-electron chi connectivity index (χ0n) is 13.5. The molecule has 1 amide bonds. The number of amides is 1. The van der Waals surface area contributed by atoms with Crippen molar-refractivity contribution in [2.75, 3.05) is 25.2 Å². The molecule has 2 aromatic carbocycles. The molecule has 0 atom stereocenters. The predicted molar refractivity (Wildman–Crippen MR) is 96.0 cm³/mol. The molecule has 7 heteroatoms. The minimum absolute atomic E-state index is 0.174. The van der Waals surface area contributed by atoms with Crippen LogP contribution in [0.2, 0.25) is 5.02 Å². The van der Waals surface area contributed by atoms with Crippen molar-refractivity contribution in [2.45, 2.75) is 11.4 Å². The number of hydrogen-bond acceptors (Lipinski definition) is 4. The van der Waals surface area contributed by atoms with E-state index in [2.05, 4.69) is 5.32 Å². The fraction of sp³-hybridized carbons (Fsp3) is 0.235. The topological polar surface area (TPSA) is 66.5 Å². The van der Waals surface area contributed by atoms with E-state index < -0.39 is 9.84 Å². The summed E-state index contributed by atoms with van der Waals surface area (Å²) in [7, 11) is -1.48. The Bertz CT molecular complexity index is 837. The van der Waals surface area contributed by atoms with Gasteiger partial charge in [0.15, 0.2) is 9.84 Å². The van der Waals surface area contributed by atoms with Gasteiger partial charge in [0.25, 0.3) is 0 Å². The summed E-state index contributed by atoms with van der Waals surface area (Å²) in [5.41, 5.74) is 1.47. The van der Waals surface area contributed by atoms with Gasteiger partial charge in [-0.05, 0) is 42.9 Å². The van der Waals surface area contributed by atoms with E-state index in [9.17, 15) is 13.2 Å². The van der Waals surface area contributed by atoms with Crippen molar-refractivity contribution in [3.8, 4) is 0 Å². The summed E-state index contributed by atoms with van der Waals surface area (Å²) in [6.45, 7) is 0.757. The van der Waals surface area contributed by atoms with Crippen LogP contribution < -0.4 is 5.32 Å². The van der Waals surface area contributed by atoms with Crippen LogP contribution in [0.1, 0.15) is 5.56 Å². The van der Waals surface area contributed by atoms with Crippen molar-refractivity contribution in [3.05, 3.63) is 59.1 Å². The second-order valence-electron chi connectivity index (χ2n) is 5.65. The number of nitrogens with one attached hydrogen (secondary N) is 1. The minimum atomic E-state index is -3.30. The van der Waals surface area contributed by atoms with Crippen LogP contribution >= 0.6 is 11.6 Å². The Morgan fingerprint density at radius 3 is 2.54 bits per heavy atom. The van der Waals surface area contributed by atoms with E-state index in [0.717, 1.165) is 11.8 Å². The fourth-order valence-corrected chi connectivity index (χ4v) is 3.13. The predicted octanol–water partition coefficient (Wildman–Crippen LogP) is 2.81. The van der Waals surface area contributed by atoms with Crippen LogP contribution in [-0.2, 0) is 21.2 Å². The lowest BCUT2D eigenvalue weighted by Crippen LogP contribution is -2.29. The zero-order valence-corrected chi connectivity index (χ0v) is 15.1. The molecule has 128 valence electrons. The molecule has 2 aromatic rings. The largest absolute Gasteiger partial charge is 0.325 e. The van der Waals surface area contributed by atoms with Crippen LogP contribution in [0.25, 0.3) is 0 Å². The molecular weight excluding hydrogens is 348 g/mol. The van der Waals surface area contributed by atoms with Crippen LogP contribution in [0.3, 0.4) is 0 Å². The first-order chi connectivity index (χ1) is 11.2. The quantitative estimate of drug-likeness (QED) is 0.853. The monoisotopic (exact) mass is 366 g/mol. The Morgan fingerprint density at radius 1 is 1.17 bits per heavy atom. The molecule has 0 aliphatic heterocycles. The summed E-state index contributed by atoms with van der Waals surface area (Å²) in [6.07, 6.45) is 1.13. The van der Waals surface area contributed by atoms with E-state index in [-0.39, 0.29) is 17.3 Å². The number of benzene rings is 2. The molecule has 0 unspecified atom stereocenters. The van der Waals surface area contributed by atoms with E-state index >= 15 is 0 Å². The molecule has 0 saturated carbocycles. The molecule has 0 aliphatic carbocycles. The summed E-state index contributed by atoms with van der Waals surface area (Å²) in [4.78, 5) is 14.1. The number of sulfone groups is 1. The van der Waals surface area contributed by atoms with E-state index in [0.29, 0.717) is 17.3 Å². The van der Waals surface area contributed by atoms with Crippen LogP contribution in [0.15, 0.2) is 53.4 Å². The Labute approximate surface area is 147 Å². The van der Waals surface area contributed by atoms with Gasteiger partial charge in [0.2, 0.25) is 5.91 Å². The van der Waals surface area contributed by atoms with Gasteiger partial charge in [-0.25, -0.2) is 8.42 Å². The number of anilines is 1. The molecule has 0 spiro atoms. The fourth-order valence-electron chi connectivity index (χ4n) is 2.25. The molecular formula is C17H19ClN2O3S. The van der Waals surface area contributed by atoms with Gasteiger partial charge in [0, 0.05) is 23.5 Å². The smallest absolute Gasteiger partial charge is 0.238 e. The third-order valence-electron chi connectivity index (χ3n) is 3.30. The lowest BCUT2D eigenvalue weighted by molar-refractivity contribution is -0.117. The van der Waals surface area contributed by atoms with E-state index in [1.54, 1.807) is 18.2 Å². The lowest BCUT2D eigenvalue weighted by Gasteiger charge is -2.16. The third-order valence-corrected chi connectivity index (χ3v) is 4.65. The van der Waals surface area contributed by atoms with Crippen molar-refractivity contribution in [1.29, 1.82) is 0 Å². The third kappa shape index (κ3) is 5.63. The number of carbonyl (C=O) groups is 1. The van der Waals surface area contributed by atoms with E-state index in [1.807, 2.05) is 30.1 Å². The lowest BCUT2D eigenvalue weighted by atomic mass is 10.2. The average molecular weight is 367 g/mol. The maximum Gasteiger partial charge on any atom is 0.238 e. The second kappa shape index (κ2) is 7.79.